The molecule has 0 bridgehead atoms. The van der Waals surface area contributed by atoms with Gasteiger partial charge in [0.2, 0.25) is 0 Å². The van der Waals surface area contributed by atoms with E-state index >= 15 is 0 Å². The van der Waals surface area contributed by atoms with Crippen molar-refractivity contribution in [2.75, 3.05) is 0 Å². The number of nitrogens with one attached hydrogen (secondary N) is 1. The Bertz CT molecular complexity index is 706. The van der Waals surface area contributed by atoms with Crippen LogP contribution in [0.1, 0.15) is 86.3 Å². The molecule has 4 nitrogen and oxygen atoms in total. The smallest absolute Gasteiger partial charge is 0.274 e. The summed E-state index contributed by atoms with van der Waals surface area (Å²) in [6, 6.07) is 3.88. The number of hydrogen-bond acceptors (Lipinski definition) is 3. The quantitative estimate of drug-likeness (QED) is 0.608. The molecule has 5 heteroatoms. The third-order valence-corrected chi connectivity index (χ3v) is 7.14. The molecular formula is C21H29FN2O2. The Morgan fingerprint density at radius 1 is 1.23 bits per heavy atom. The molecule has 1 spiro atoms. The van der Waals surface area contributed by atoms with Crippen molar-refractivity contribution >= 4 is 5.91 Å². The predicted molar refractivity (Wildman–Crippen MR) is 97.6 cm³/mol. The molecule has 1 aliphatic heterocycles. The van der Waals surface area contributed by atoms with Gasteiger partial charge in [0.25, 0.3) is 5.91 Å². The van der Waals surface area contributed by atoms with Crippen molar-refractivity contribution in [2.45, 2.75) is 83.3 Å². The molecule has 0 radical (unpaired) electrons. The van der Waals surface area contributed by atoms with E-state index < -0.39 is 5.91 Å². The molecule has 26 heavy (non-hydrogen) atoms. The topological polar surface area (TPSA) is 52.6 Å². The van der Waals surface area contributed by atoms with Gasteiger partial charge in [0.1, 0.15) is 5.82 Å². The molecule has 2 saturated carbocycles. The molecule has 142 valence electrons. The average molecular weight is 360 g/mol. The SMILES string of the molecule is C[C@@H]1Cc2cc(C(=O)NO)cc(F)c2[C@H](C)N1C1CC2(CCCCC2)C1. The van der Waals surface area contributed by atoms with Crippen LogP contribution in [0, 0.1) is 11.2 Å². The Balaban J connectivity index is 1.57. The molecule has 2 N–H and O–H groups in total. The first-order valence-corrected chi connectivity index (χ1v) is 9.98. The summed E-state index contributed by atoms with van der Waals surface area (Å²) in [5.74, 6) is -0.995. The number of rotatable bonds is 2. The van der Waals surface area contributed by atoms with Crippen molar-refractivity contribution in [3.63, 3.8) is 0 Å². The summed E-state index contributed by atoms with van der Waals surface area (Å²) in [4.78, 5) is 14.2. The Hall–Kier alpha value is -1.46. The molecule has 2 atom stereocenters. The largest absolute Gasteiger partial charge is 0.291 e. The van der Waals surface area contributed by atoms with Gasteiger partial charge in [-0.05, 0) is 69.1 Å². The van der Waals surface area contributed by atoms with Crippen molar-refractivity contribution in [3.05, 3.63) is 34.6 Å². The van der Waals surface area contributed by atoms with Gasteiger partial charge in [-0.3, -0.25) is 14.9 Å². The van der Waals surface area contributed by atoms with Gasteiger partial charge < -0.3 is 0 Å². The lowest BCUT2D eigenvalue weighted by Gasteiger charge is -2.57. The van der Waals surface area contributed by atoms with Crippen LogP contribution in [-0.4, -0.2) is 28.1 Å². The fraction of sp³-hybridized carbons (Fsp3) is 0.667. The minimum absolute atomic E-state index is 0.0194. The first-order valence-electron chi connectivity index (χ1n) is 9.98. The number of hydrogen-bond donors (Lipinski definition) is 2. The van der Waals surface area contributed by atoms with E-state index in [9.17, 15) is 9.18 Å². The number of benzene rings is 1. The van der Waals surface area contributed by atoms with E-state index in [-0.39, 0.29) is 17.4 Å². The number of nitrogens with zero attached hydrogens (tertiary/aromatic N) is 1. The Kier molecular flexibility index (Phi) is 4.56. The Labute approximate surface area is 154 Å². The molecular weight excluding hydrogens is 331 g/mol. The lowest BCUT2D eigenvalue weighted by Crippen LogP contribution is -2.56. The molecule has 0 unspecified atom stereocenters. The normalized spacial score (nSPS) is 28.5. The zero-order valence-electron chi connectivity index (χ0n) is 15.7. The second-order valence-electron chi connectivity index (χ2n) is 8.77. The summed E-state index contributed by atoms with van der Waals surface area (Å²) in [6.45, 7) is 4.30. The van der Waals surface area contributed by atoms with E-state index in [0.717, 1.165) is 17.5 Å². The molecule has 1 aromatic rings. The number of fused-ring (bicyclic) bond motifs is 1. The van der Waals surface area contributed by atoms with Crippen LogP contribution in [0.2, 0.25) is 0 Å². The second-order valence-corrected chi connectivity index (χ2v) is 8.77. The highest BCUT2D eigenvalue weighted by Crippen LogP contribution is 2.55. The monoisotopic (exact) mass is 360 g/mol. The zero-order chi connectivity index (χ0) is 18.5. The third-order valence-electron chi connectivity index (χ3n) is 7.14. The highest BCUT2D eigenvalue weighted by atomic mass is 19.1. The van der Waals surface area contributed by atoms with Crippen LogP contribution in [0.15, 0.2) is 12.1 Å². The maximum Gasteiger partial charge on any atom is 0.274 e. The highest BCUT2D eigenvalue weighted by Gasteiger charge is 2.49. The standard InChI is InChI=1S/C21H29FN2O2/c1-13-8-15-9-16(20(25)23-26)10-18(22)19(15)14(2)24(13)17-11-21(12-17)6-4-3-5-7-21/h9-10,13-14,17,26H,3-8,11-12H2,1-2H3,(H,23,25)/t13-,14+/m1/s1. The molecule has 4 rings (SSSR count). The maximum absolute atomic E-state index is 14.8. The number of amides is 1. The van der Waals surface area contributed by atoms with Crippen LogP contribution in [0.5, 0.6) is 0 Å². The van der Waals surface area contributed by atoms with Crippen LogP contribution in [0.3, 0.4) is 0 Å². The van der Waals surface area contributed by atoms with Crippen molar-refractivity contribution in [1.82, 2.24) is 10.4 Å². The van der Waals surface area contributed by atoms with Crippen molar-refractivity contribution in [1.29, 1.82) is 0 Å². The highest BCUT2D eigenvalue weighted by molar-refractivity contribution is 5.93. The third kappa shape index (κ3) is 2.85. The summed E-state index contributed by atoms with van der Waals surface area (Å²) < 4.78 is 14.8. The maximum atomic E-state index is 14.8. The minimum Gasteiger partial charge on any atom is -0.291 e. The van der Waals surface area contributed by atoms with Gasteiger partial charge in [-0.1, -0.05) is 19.3 Å². The van der Waals surface area contributed by atoms with E-state index in [4.69, 9.17) is 5.21 Å². The fourth-order valence-corrected chi connectivity index (χ4v) is 6.00. The van der Waals surface area contributed by atoms with Gasteiger partial charge in [0.05, 0.1) is 0 Å². The van der Waals surface area contributed by atoms with Crippen LogP contribution < -0.4 is 5.48 Å². The molecule has 1 amide bonds. The lowest BCUT2D eigenvalue weighted by atomic mass is 9.57. The molecule has 2 fully saturated rings. The fourth-order valence-electron chi connectivity index (χ4n) is 6.00. The summed E-state index contributed by atoms with van der Waals surface area (Å²) in [5, 5.41) is 8.83. The van der Waals surface area contributed by atoms with Gasteiger partial charge in [0.15, 0.2) is 0 Å². The number of carbonyl (C=O) groups excluding carboxylic acids is 1. The van der Waals surface area contributed by atoms with Crippen LogP contribution in [-0.2, 0) is 6.42 Å². The molecule has 0 saturated heterocycles. The van der Waals surface area contributed by atoms with Gasteiger partial charge in [0, 0.05) is 29.3 Å². The van der Waals surface area contributed by atoms with E-state index in [1.165, 1.54) is 51.0 Å². The van der Waals surface area contributed by atoms with E-state index in [1.54, 1.807) is 11.5 Å². The van der Waals surface area contributed by atoms with Crippen molar-refractivity contribution < 1.29 is 14.4 Å². The summed E-state index contributed by atoms with van der Waals surface area (Å²) in [6.07, 6.45) is 10.1. The van der Waals surface area contributed by atoms with Gasteiger partial charge >= 0.3 is 0 Å². The lowest BCUT2D eigenvalue weighted by molar-refractivity contribution is -0.0616. The van der Waals surface area contributed by atoms with E-state index in [0.29, 0.717) is 17.5 Å². The second kappa shape index (κ2) is 6.61. The number of halogens is 1. The molecule has 0 aromatic heterocycles. The van der Waals surface area contributed by atoms with Crippen LogP contribution >= 0.6 is 0 Å². The van der Waals surface area contributed by atoms with Crippen LogP contribution in [0.25, 0.3) is 0 Å². The van der Waals surface area contributed by atoms with Gasteiger partial charge in [-0.25, -0.2) is 9.87 Å². The summed E-state index contributed by atoms with van der Waals surface area (Å²) in [5.41, 5.74) is 3.96. The van der Waals surface area contributed by atoms with Crippen molar-refractivity contribution in [2.24, 2.45) is 5.41 Å². The Morgan fingerprint density at radius 3 is 2.58 bits per heavy atom. The van der Waals surface area contributed by atoms with Crippen LogP contribution in [0.4, 0.5) is 4.39 Å². The summed E-state index contributed by atoms with van der Waals surface area (Å²) in [7, 11) is 0. The van der Waals surface area contributed by atoms with Gasteiger partial charge in [-0.15, -0.1) is 0 Å². The van der Waals surface area contributed by atoms with Crippen molar-refractivity contribution in [3.8, 4) is 0 Å². The van der Waals surface area contributed by atoms with E-state index in [1.807, 2.05) is 0 Å². The summed E-state index contributed by atoms with van der Waals surface area (Å²) >= 11 is 0. The molecule has 1 aromatic carbocycles. The zero-order valence-corrected chi connectivity index (χ0v) is 15.7. The molecule has 3 aliphatic rings. The minimum atomic E-state index is -0.660. The Morgan fingerprint density at radius 2 is 1.92 bits per heavy atom. The molecule has 1 heterocycles. The predicted octanol–water partition coefficient (Wildman–Crippen LogP) is 4.37. The number of hydroxylamine groups is 1. The van der Waals surface area contributed by atoms with Gasteiger partial charge in [-0.2, -0.15) is 0 Å². The number of carbonyl (C=O) groups is 1. The first-order chi connectivity index (χ1) is 12.4. The molecule has 2 aliphatic carbocycles. The average Bonchev–Trinajstić information content (AvgIpc) is 2.59. The van der Waals surface area contributed by atoms with E-state index in [2.05, 4.69) is 18.7 Å². The first kappa shape index (κ1) is 17.9.